The number of nitrogens with one attached hydrogen (secondary N) is 1. The predicted molar refractivity (Wildman–Crippen MR) is 150 cm³/mol. The van der Waals surface area contributed by atoms with Crippen molar-refractivity contribution in [3.05, 3.63) is 64.7 Å². The van der Waals surface area contributed by atoms with E-state index in [4.69, 9.17) is 16.3 Å². The molecule has 1 spiro atoms. The Kier molecular flexibility index (Phi) is 10.3. The SMILES string of the molecule is COc1ccc(CN2CCC3(CCN(CCC(NC(=O)C(C)C)c4ccccc4Cl)CC3)C2=O)cc1.Cl. The van der Waals surface area contributed by atoms with Crippen LogP contribution in [0.15, 0.2) is 48.5 Å². The Balaban J connectivity index is 0.00000380. The quantitative estimate of drug-likeness (QED) is 0.451. The molecule has 2 saturated heterocycles. The van der Waals surface area contributed by atoms with Crippen molar-refractivity contribution in [1.82, 2.24) is 15.1 Å². The molecular weight excluding hydrogens is 509 g/mol. The van der Waals surface area contributed by atoms with Crippen molar-refractivity contribution in [3.8, 4) is 5.75 Å². The number of likely N-dealkylation sites (tertiary alicyclic amines) is 2. The van der Waals surface area contributed by atoms with Crippen molar-refractivity contribution in [2.24, 2.45) is 11.3 Å². The molecule has 0 bridgehead atoms. The zero-order chi connectivity index (χ0) is 25.7. The van der Waals surface area contributed by atoms with Crippen LogP contribution in [-0.4, -0.2) is 54.9 Å². The van der Waals surface area contributed by atoms with E-state index in [1.807, 2.05) is 67.3 Å². The maximum atomic E-state index is 13.4. The fourth-order valence-corrected chi connectivity index (χ4v) is 5.64. The van der Waals surface area contributed by atoms with Gasteiger partial charge in [-0.15, -0.1) is 12.4 Å². The lowest BCUT2D eigenvalue weighted by molar-refractivity contribution is -0.139. The third kappa shape index (κ3) is 6.98. The molecule has 6 nitrogen and oxygen atoms in total. The molecule has 1 N–H and O–H groups in total. The highest BCUT2D eigenvalue weighted by molar-refractivity contribution is 6.31. The van der Waals surface area contributed by atoms with Crippen molar-refractivity contribution in [2.75, 3.05) is 33.3 Å². The lowest BCUT2D eigenvalue weighted by Crippen LogP contribution is -2.45. The zero-order valence-electron chi connectivity index (χ0n) is 22.0. The van der Waals surface area contributed by atoms with Gasteiger partial charge in [-0.1, -0.05) is 55.8 Å². The molecule has 202 valence electrons. The number of hydrogen-bond acceptors (Lipinski definition) is 4. The average Bonchev–Trinajstić information content (AvgIpc) is 3.18. The molecule has 2 fully saturated rings. The number of carbonyl (C=O) groups excluding carboxylic acids is 2. The molecule has 1 atom stereocenters. The van der Waals surface area contributed by atoms with Crippen molar-refractivity contribution in [2.45, 2.75) is 52.1 Å². The number of amides is 2. The van der Waals surface area contributed by atoms with Crippen LogP contribution in [0.2, 0.25) is 5.02 Å². The second kappa shape index (κ2) is 13.0. The van der Waals surface area contributed by atoms with Gasteiger partial charge >= 0.3 is 0 Å². The van der Waals surface area contributed by atoms with Crippen LogP contribution in [-0.2, 0) is 16.1 Å². The smallest absolute Gasteiger partial charge is 0.229 e. The highest BCUT2D eigenvalue weighted by atomic mass is 35.5. The maximum Gasteiger partial charge on any atom is 0.229 e. The van der Waals surface area contributed by atoms with E-state index in [1.165, 1.54) is 0 Å². The number of nitrogens with zero attached hydrogens (tertiary/aromatic N) is 2. The Morgan fingerprint density at radius 1 is 1.05 bits per heavy atom. The van der Waals surface area contributed by atoms with E-state index in [1.54, 1.807) is 7.11 Å². The van der Waals surface area contributed by atoms with Gasteiger partial charge in [-0.3, -0.25) is 9.59 Å². The number of methoxy groups -OCH3 is 1. The van der Waals surface area contributed by atoms with Gasteiger partial charge in [-0.05, 0) is 68.1 Å². The van der Waals surface area contributed by atoms with Gasteiger partial charge in [0, 0.05) is 30.6 Å². The molecule has 2 aromatic rings. The molecule has 4 rings (SSSR count). The molecule has 2 aromatic carbocycles. The molecule has 0 radical (unpaired) electrons. The standard InChI is InChI=1S/C29H38ClN3O3.ClH/c1-21(2)27(34)31-26(24-6-4-5-7-25(24)30)12-16-32-17-13-29(14-18-32)15-19-33(28(29)35)20-22-8-10-23(36-3)11-9-22;/h4-11,21,26H,12-20H2,1-3H3,(H,31,34);1H. The van der Waals surface area contributed by atoms with Gasteiger partial charge in [0.15, 0.2) is 0 Å². The minimum Gasteiger partial charge on any atom is -0.497 e. The van der Waals surface area contributed by atoms with Crippen LogP contribution in [0.25, 0.3) is 0 Å². The summed E-state index contributed by atoms with van der Waals surface area (Å²) in [6.45, 7) is 7.93. The number of ether oxygens (including phenoxy) is 1. The fourth-order valence-electron chi connectivity index (χ4n) is 5.38. The van der Waals surface area contributed by atoms with E-state index in [0.29, 0.717) is 17.5 Å². The van der Waals surface area contributed by atoms with Crippen LogP contribution in [0.1, 0.15) is 56.7 Å². The molecule has 2 heterocycles. The zero-order valence-corrected chi connectivity index (χ0v) is 23.6. The van der Waals surface area contributed by atoms with Gasteiger partial charge in [-0.2, -0.15) is 0 Å². The summed E-state index contributed by atoms with van der Waals surface area (Å²) in [5, 5.41) is 3.86. The Hall–Kier alpha value is -2.28. The monoisotopic (exact) mass is 547 g/mol. The van der Waals surface area contributed by atoms with E-state index in [0.717, 1.165) is 68.7 Å². The molecule has 0 aromatic heterocycles. The molecule has 37 heavy (non-hydrogen) atoms. The topological polar surface area (TPSA) is 61.9 Å². The van der Waals surface area contributed by atoms with E-state index >= 15 is 0 Å². The van der Waals surface area contributed by atoms with Gasteiger partial charge < -0.3 is 19.9 Å². The summed E-state index contributed by atoms with van der Waals surface area (Å²) in [4.78, 5) is 30.3. The number of carbonyl (C=O) groups is 2. The second-order valence-corrected chi connectivity index (χ2v) is 10.9. The Labute approximate surface area is 232 Å². The normalized spacial score (nSPS) is 18.1. The first-order valence-electron chi connectivity index (χ1n) is 13.0. The minimum atomic E-state index is -0.225. The van der Waals surface area contributed by atoms with Gasteiger partial charge in [0.2, 0.25) is 11.8 Å². The first-order chi connectivity index (χ1) is 17.3. The summed E-state index contributed by atoms with van der Waals surface area (Å²) < 4.78 is 5.24. The van der Waals surface area contributed by atoms with Crippen LogP contribution >= 0.6 is 24.0 Å². The highest BCUT2D eigenvalue weighted by Crippen LogP contribution is 2.42. The van der Waals surface area contributed by atoms with Crippen LogP contribution in [0.4, 0.5) is 0 Å². The van der Waals surface area contributed by atoms with E-state index in [2.05, 4.69) is 10.2 Å². The van der Waals surface area contributed by atoms with Gasteiger partial charge in [0.1, 0.15) is 5.75 Å². The lowest BCUT2D eigenvalue weighted by Gasteiger charge is -2.38. The summed E-state index contributed by atoms with van der Waals surface area (Å²) in [7, 11) is 1.66. The summed E-state index contributed by atoms with van der Waals surface area (Å²) in [6, 6.07) is 15.6. The number of piperidine rings is 1. The Bertz CT molecular complexity index is 1050. The number of hydrogen-bond donors (Lipinski definition) is 1. The van der Waals surface area contributed by atoms with E-state index in [9.17, 15) is 9.59 Å². The van der Waals surface area contributed by atoms with Crippen LogP contribution in [0, 0.1) is 11.3 Å². The molecular formula is C29H39Cl2N3O3. The number of rotatable bonds is 9. The molecule has 0 saturated carbocycles. The molecule has 1 unspecified atom stereocenters. The summed E-state index contributed by atoms with van der Waals surface area (Å²) in [5.41, 5.74) is 1.87. The average molecular weight is 549 g/mol. The largest absolute Gasteiger partial charge is 0.497 e. The van der Waals surface area contributed by atoms with Crippen molar-refractivity contribution in [3.63, 3.8) is 0 Å². The Morgan fingerprint density at radius 2 is 1.70 bits per heavy atom. The maximum absolute atomic E-state index is 13.4. The molecule has 2 aliphatic rings. The summed E-state index contributed by atoms with van der Waals surface area (Å²) in [5.74, 6) is 1.08. The molecule has 8 heteroatoms. The molecule has 2 amide bonds. The first kappa shape index (κ1) is 29.3. The van der Waals surface area contributed by atoms with Gasteiger partial charge in [0.25, 0.3) is 0 Å². The summed E-state index contributed by atoms with van der Waals surface area (Å²) >= 11 is 6.48. The predicted octanol–water partition coefficient (Wildman–Crippen LogP) is 5.49. The Morgan fingerprint density at radius 3 is 2.32 bits per heavy atom. The van der Waals surface area contributed by atoms with Gasteiger partial charge in [-0.25, -0.2) is 0 Å². The van der Waals surface area contributed by atoms with Crippen molar-refractivity contribution >= 4 is 35.8 Å². The summed E-state index contributed by atoms with van der Waals surface area (Å²) in [6.07, 6.45) is 3.50. The highest BCUT2D eigenvalue weighted by Gasteiger charge is 2.47. The van der Waals surface area contributed by atoms with Crippen LogP contribution in [0.5, 0.6) is 5.75 Å². The van der Waals surface area contributed by atoms with E-state index < -0.39 is 0 Å². The lowest BCUT2D eigenvalue weighted by atomic mass is 9.77. The molecule has 2 aliphatic heterocycles. The van der Waals surface area contributed by atoms with Gasteiger partial charge in [0.05, 0.1) is 18.6 Å². The number of benzene rings is 2. The van der Waals surface area contributed by atoms with Crippen LogP contribution < -0.4 is 10.1 Å². The number of halogens is 2. The van der Waals surface area contributed by atoms with E-state index in [-0.39, 0.29) is 35.7 Å². The fraction of sp³-hybridized carbons (Fsp3) is 0.517. The third-order valence-electron chi connectivity index (χ3n) is 7.80. The minimum absolute atomic E-state index is 0. The third-order valence-corrected chi connectivity index (χ3v) is 8.15. The molecule has 0 aliphatic carbocycles. The van der Waals surface area contributed by atoms with Crippen molar-refractivity contribution < 1.29 is 14.3 Å². The first-order valence-corrected chi connectivity index (χ1v) is 13.4. The van der Waals surface area contributed by atoms with Crippen molar-refractivity contribution in [1.29, 1.82) is 0 Å². The van der Waals surface area contributed by atoms with Crippen LogP contribution in [0.3, 0.4) is 0 Å². The second-order valence-electron chi connectivity index (χ2n) is 10.5.